The highest BCUT2D eigenvalue weighted by atomic mass is 16.5. The first kappa shape index (κ1) is 13.1. The molecule has 0 unspecified atom stereocenters. The number of aromatic hydroxyl groups is 1. The van der Waals surface area contributed by atoms with E-state index in [9.17, 15) is 9.90 Å². The second-order valence-corrected chi connectivity index (χ2v) is 4.30. The minimum Gasteiger partial charge on any atom is -0.508 e. The monoisotopic (exact) mass is 256 g/mol. The molecule has 0 fully saturated rings. The zero-order valence-corrected chi connectivity index (χ0v) is 11.0. The number of rotatable bonds is 3. The number of phenols is 1. The summed E-state index contributed by atoms with van der Waals surface area (Å²) in [5.74, 6) is -0.0252. The number of carbonyl (C=O) groups is 1. The van der Waals surface area contributed by atoms with Gasteiger partial charge in [-0.1, -0.05) is 18.2 Å². The predicted molar refractivity (Wildman–Crippen MR) is 74.2 cm³/mol. The lowest BCUT2D eigenvalue weighted by molar-refractivity contribution is 0.0526. The van der Waals surface area contributed by atoms with Crippen LogP contribution in [0.15, 0.2) is 42.5 Å². The van der Waals surface area contributed by atoms with Crippen molar-refractivity contribution in [2.24, 2.45) is 0 Å². The van der Waals surface area contributed by atoms with Crippen LogP contribution in [0.4, 0.5) is 0 Å². The van der Waals surface area contributed by atoms with Crippen molar-refractivity contribution in [3.63, 3.8) is 0 Å². The van der Waals surface area contributed by atoms with Crippen LogP contribution in [0.2, 0.25) is 0 Å². The first-order chi connectivity index (χ1) is 9.11. The van der Waals surface area contributed by atoms with Crippen LogP contribution >= 0.6 is 0 Å². The van der Waals surface area contributed by atoms with Crippen LogP contribution in [0.1, 0.15) is 22.8 Å². The quantitative estimate of drug-likeness (QED) is 0.854. The maximum atomic E-state index is 11.5. The summed E-state index contributed by atoms with van der Waals surface area (Å²) in [5, 5.41) is 9.51. The molecule has 98 valence electrons. The molecule has 0 aliphatic rings. The molecule has 0 amide bonds. The lowest BCUT2D eigenvalue weighted by Gasteiger charge is -2.06. The molecule has 0 bridgehead atoms. The van der Waals surface area contributed by atoms with Gasteiger partial charge in [-0.05, 0) is 54.8 Å². The average Bonchev–Trinajstić information content (AvgIpc) is 2.42. The molecular weight excluding hydrogens is 240 g/mol. The van der Waals surface area contributed by atoms with Crippen LogP contribution in [-0.2, 0) is 4.74 Å². The Morgan fingerprint density at radius 3 is 2.32 bits per heavy atom. The van der Waals surface area contributed by atoms with E-state index in [4.69, 9.17) is 4.74 Å². The first-order valence-corrected chi connectivity index (χ1v) is 6.19. The topological polar surface area (TPSA) is 46.5 Å². The molecule has 3 heteroatoms. The Balaban J connectivity index is 2.27. The zero-order valence-electron chi connectivity index (χ0n) is 11.0. The van der Waals surface area contributed by atoms with E-state index in [0.717, 1.165) is 16.7 Å². The molecule has 19 heavy (non-hydrogen) atoms. The van der Waals surface area contributed by atoms with Crippen LogP contribution in [0.3, 0.4) is 0 Å². The Morgan fingerprint density at radius 2 is 1.74 bits per heavy atom. The number of carbonyl (C=O) groups excluding carboxylic acids is 1. The Kier molecular flexibility index (Phi) is 3.85. The van der Waals surface area contributed by atoms with Gasteiger partial charge in [0.25, 0.3) is 0 Å². The van der Waals surface area contributed by atoms with Crippen molar-refractivity contribution < 1.29 is 14.6 Å². The molecule has 0 heterocycles. The average molecular weight is 256 g/mol. The first-order valence-electron chi connectivity index (χ1n) is 6.19. The summed E-state index contributed by atoms with van der Waals surface area (Å²) in [5.41, 5.74) is 3.37. The fourth-order valence-corrected chi connectivity index (χ4v) is 1.85. The van der Waals surface area contributed by atoms with Crippen molar-refractivity contribution >= 4 is 5.97 Å². The number of esters is 1. The Hall–Kier alpha value is -2.29. The summed E-state index contributed by atoms with van der Waals surface area (Å²) >= 11 is 0. The van der Waals surface area contributed by atoms with Crippen molar-refractivity contribution in [1.29, 1.82) is 0 Å². The van der Waals surface area contributed by atoms with Gasteiger partial charge in [0.05, 0.1) is 12.2 Å². The number of benzene rings is 2. The zero-order chi connectivity index (χ0) is 13.8. The van der Waals surface area contributed by atoms with E-state index in [1.54, 1.807) is 25.1 Å². The highest BCUT2D eigenvalue weighted by molar-refractivity contribution is 5.90. The van der Waals surface area contributed by atoms with E-state index in [2.05, 4.69) is 0 Å². The predicted octanol–water partition coefficient (Wildman–Crippen LogP) is 3.54. The molecule has 0 aliphatic heterocycles. The van der Waals surface area contributed by atoms with Crippen LogP contribution < -0.4 is 0 Å². The smallest absolute Gasteiger partial charge is 0.338 e. The number of aryl methyl sites for hydroxylation is 1. The molecular formula is C16H16O3. The van der Waals surface area contributed by atoms with E-state index in [1.165, 1.54) is 0 Å². The van der Waals surface area contributed by atoms with Gasteiger partial charge in [0.1, 0.15) is 5.75 Å². The summed E-state index contributed by atoms with van der Waals surface area (Å²) in [6, 6.07) is 12.7. The lowest BCUT2D eigenvalue weighted by Crippen LogP contribution is -2.03. The van der Waals surface area contributed by atoms with Gasteiger partial charge >= 0.3 is 5.97 Å². The van der Waals surface area contributed by atoms with Gasteiger partial charge in [-0.15, -0.1) is 0 Å². The normalized spacial score (nSPS) is 10.2. The number of ether oxygens (including phenoxy) is 1. The van der Waals surface area contributed by atoms with Gasteiger partial charge < -0.3 is 9.84 Å². The highest BCUT2D eigenvalue weighted by Crippen LogP contribution is 2.25. The minimum absolute atomic E-state index is 0.284. The Labute approximate surface area is 112 Å². The molecule has 0 saturated carbocycles. The van der Waals surface area contributed by atoms with Crippen LogP contribution in [0.25, 0.3) is 11.1 Å². The molecule has 0 aromatic heterocycles. The molecule has 2 aromatic carbocycles. The van der Waals surface area contributed by atoms with Gasteiger partial charge in [-0.3, -0.25) is 0 Å². The molecule has 1 N–H and O–H groups in total. The maximum Gasteiger partial charge on any atom is 0.338 e. The third kappa shape index (κ3) is 2.94. The fourth-order valence-electron chi connectivity index (χ4n) is 1.85. The summed E-state index contributed by atoms with van der Waals surface area (Å²) in [6.45, 7) is 4.01. The van der Waals surface area contributed by atoms with E-state index >= 15 is 0 Å². The molecule has 0 aliphatic carbocycles. The third-order valence-corrected chi connectivity index (χ3v) is 2.93. The summed E-state index contributed by atoms with van der Waals surface area (Å²) in [6.07, 6.45) is 0. The minimum atomic E-state index is -0.309. The molecule has 2 aromatic rings. The second kappa shape index (κ2) is 5.57. The lowest BCUT2D eigenvalue weighted by atomic mass is 10.0. The van der Waals surface area contributed by atoms with Gasteiger partial charge in [0.2, 0.25) is 0 Å². The summed E-state index contributed by atoms with van der Waals surface area (Å²) in [4.78, 5) is 11.5. The SMILES string of the molecule is CCOC(=O)c1ccc(-c2ccc(O)c(C)c2)cc1. The van der Waals surface area contributed by atoms with E-state index in [-0.39, 0.29) is 11.7 Å². The Bertz CT molecular complexity index is 585. The molecule has 2 rings (SSSR count). The van der Waals surface area contributed by atoms with Crippen molar-refractivity contribution in [2.45, 2.75) is 13.8 Å². The van der Waals surface area contributed by atoms with Crippen molar-refractivity contribution in [3.8, 4) is 16.9 Å². The summed E-state index contributed by atoms with van der Waals surface area (Å²) in [7, 11) is 0. The van der Waals surface area contributed by atoms with E-state index < -0.39 is 0 Å². The van der Waals surface area contributed by atoms with Crippen LogP contribution in [0, 0.1) is 6.92 Å². The van der Waals surface area contributed by atoms with Crippen molar-refractivity contribution in [3.05, 3.63) is 53.6 Å². The van der Waals surface area contributed by atoms with E-state index in [1.807, 2.05) is 31.2 Å². The van der Waals surface area contributed by atoms with Crippen LogP contribution in [-0.4, -0.2) is 17.7 Å². The second-order valence-electron chi connectivity index (χ2n) is 4.30. The molecule has 0 saturated heterocycles. The largest absolute Gasteiger partial charge is 0.508 e. The molecule has 0 spiro atoms. The van der Waals surface area contributed by atoms with Crippen LogP contribution in [0.5, 0.6) is 5.75 Å². The highest BCUT2D eigenvalue weighted by Gasteiger charge is 2.07. The van der Waals surface area contributed by atoms with Gasteiger partial charge in [-0.2, -0.15) is 0 Å². The summed E-state index contributed by atoms with van der Waals surface area (Å²) < 4.78 is 4.94. The molecule has 0 atom stereocenters. The van der Waals surface area contributed by atoms with Crippen molar-refractivity contribution in [1.82, 2.24) is 0 Å². The molecule has 0 radical (unpaired) electrons. The van der Waals surface area contributed by atoms with Gasteiger partial charge in [-0.25, -0.2) is 4.79 Å². The van der Waals surface area contributed by atoms with Crippen molar-refractivity contribution in [2.75, 3.05) is 6.61 Å². The maximum absolute atomic E-state index is 11.5. The van der Waals surface area contributed by atoms with Gasteiger partial charge in [0.15, 0.2) is 0 Å². The number of hydrogen-bond donors (Lipinski definition) is 1. The van der Waals surface area contributed by atoms with E-state index in [0.29, 0.717) is 12.2 Å². The van der Waals surface area contributed by atoms with Gasteiger partial charge in [0, 0.05) is 0 Å². The number of phenolic OH excluding ortho intramolecular Hbond substituents is 1. The standard InChI is InChI=1S/C16H16O3/c1-3-19-16(18)13-6-4-12(5-7-13)14-8-9-15(17)11(2)10-14/h4-10,17H,3H2,1-2H3. The fraction of sp³-hybridized carbons (Fsp3) is 0.188. The third-order valence-electron chi connectivity index (χ3n) is 2.93. The number of hydrogen-bond acceptors (Lipinski definition) is 3. The molecule has 3 nitrogen and oxygen atoms in total. The Morgan fingerprint density at radius 1 is 1.11 bits per heavy atom.